The highest BCUT2D eigenvalue weighted by Gasteiger charge is 2.21. The molecule has 0 aliphatic rings. The average Bonchev–Trinajstić information content (AvgIpc) is 2.50. The smallest absolute Gasteiger partial charge is 0.410 e. The molecule has 7 nitrogen and oxygen atoms in total. The zero-order valence-corrected chi connectivity index (χ0v) is 15.3. The van der Waals surface area contributed by atoms with Gasteiger partial charge in [-0.2, -0.15) is 0 Å². The Balaban J connectivity index is 4.27. The summed E-state index contributed by atoms with van der Waals surface area (Å²) in [5.41, 5.74) is 0. The summed E-state index contributed by atoms with van der Waals surface area (Å²) in [5.74, 6) is -1.90. The van der Waals surface area contributed by atoms with Crippen LogP contribution in [-0.4, -0.2) is 36.0 Å². The summed E-state index contributed by atoms with van der Waals surface area (Å²) in [7, 11) is 0. The summed E-state index contributed by atoms with van der Waals surface area (Å²) in [4.78, 5) is 34.3. The molecule has 0 aromatic rings. The fraction of sp³-hybridized carbons (Fsp3) is 0.824. The van der Waals surface area contributed by atoms with E-state index in [2.05, 4.69) is 19.2 Å². The first-order chi connectivity index (χ1) is 11.2. The maximum atomic E-state index is 11.7. The lowest BCUT2D eigenvalue weighted by molar-refractivity contribution is -0.168. The van der Waals surface area contributed by atoms with Crippen molar-refractivity contribution < 1.29 is 29.0 Å². The van der Waals surface area contributed by atoms with E-state index in [0.29, 0.717) is 12.3 Å². The van der Waals surface area contributed by atoms with E-state index in [0.717, 1.165) is 19.3 Å². The third-order valence-electron chi connectivity index (χ3n) is 3.95. The minimum absolute atomic E-state index is 0.0147. The summed E-state index contributed by atoms with van der Waals surface area (Å²) < 4.78 is 9.79. The fourth-order valence-corrected chi connectivity index (χ4v) is 2.17. The first-order valence-electron chi connectivity index (χ1n) is 8.58. The van der Waals surface area contributed by atoms with Crippen molar-refractivity contribution in [2.45, 2.75) is 66.6 Å². The van der Waals surface area contributed by atoms with Gasteiger partial charge in [-0.15, -0.1) is 0 Å². The molecule has 24 heavy (non-hydrogen) atoms. The number of carboxylic acid groups (broad SMARTS) is 1. The molecular formula is C17H31NO6. The third-order valence-corrected chi connectivity index (χ3v) is 3.95. The molecule has 0 heterocycles. The van der Waals surface area contributed by atoms with E-state index in [9.17, 15) is 19.5 Å². The zero-order chi connectivity index (χ0) is 18.7. The molecule has 2 N–H and O–H groups in total. The molecule has 0 unspecified atom stereocenters. The molecule has 140 valence electrons. The van der Waals surface area contributed by atoms with E-state index < -0.39 is 30.2 Å². The van der Waals surface area contributed by atoms with Gasteiger partial charge in [0.15, 0.2) is 0 Å². The molecule has 0 radical (unpaired) electrons. The molecule has 0 spiro atoms. The average molecular weight is 345 g/mol. The number of rotatable bonds is 11. The van der Waals surface area contributed by atoms with Gasteiger partial charge in [-0.25, -0.2) is 4.79 Å². The van der Waals surface area contributed by atoms with Crippen LogP contribution < -0.4 is 5.32 Å². The van der Waals surface area contributed by atoms with E-state index in [1.54, 1.807) is 13.8 Å². The highest BCUT2D eigenvalue weighted by molar-refractivity contribution is 5.73. The predicted octanol–water partition coefficient (Wildman–Crippen LogP) is 3.18. The number of esters is 1. The molecule has 2 atom stereocenters. The van der Waals surface area contributed by atoms with Gasteiger partial charge < -0.3 is 19.9 Å². The maximum Gasteiger partial charge on any atom is 0.410 e. The van der Waals surface area contributed by atoms with Gasteiger partial charge in [-0.05, 0) is 18.8 Å². The van der Waals surface area contributed by atoms with Crippen LogP contribution in [0.15, 0.2) is 0 Å². The Morgan fingerprint density at radius 3 is 2.04 bits per heavy atom. The SMILES string of the molecule is CCC(CC)CC[C@@H](CNC(=O)O[C@H](C)OC(=O)C(C)C)C(=O)O. The Morgan fingerprint density at radius 1 is 1.00 bits per heavy atom. The van der Waals surface area contributed by atoms with Gasteiger partial charge in [0.1, 0.15) is 0 Å². The minimum Gasteiger partial charge on any atom is -0.481 e. The number of nitrogens with one attached hydrogen (secondary N) is 1. The number of alkyl carbamates (subject to hydrolysis) is 1. The van der Waals surface area contributed by atoms with Crippen molar-refractivity contribution in [1.29, 1.82) is 0 Å². The van der Waals surface area contributed by atoms with Crippen molar-refractivity contribution in [3.8, 4) is 0 Å². The van der Waals surface area contributed by atoms with Gasteiger partial charge in [-0.3, -0.25) is 9.59 Å². The van der Waals surface area contributed by atoms with Gasteiger partial charge in [-0.1, -0.05) is 40.5 Å². The van der Waals surface area contributed by atoms with E-state index in [4.69, 9.17) is 9.47 Å². The van der Waals surface area contributed by atoms with Crippen molar-refractivity contribution in [2.75, 3.05) is 6.54 Å². The van der Waals surface area contributed by atoms with Crippen molar-refractivity contribution in [1.82, 2.24) is 5.32 Å². The lowest BCUT2D eigenvalue weighted by Crippen LogP contribution is -2.36. The maximum absolute atomic E-state index is 11.7. The van der Waals surface area contributed by atoms with Crippen LogP contribution in [-0.2, 0) is 19.1 Å². The van der Waals surface area contributed by atoms with Crippen molar-refractivity contribution >= 4 is 18.0 Å². The molecule has 0 aliphatic carbocycles. The quantitative estimate of drug-likeness (QED) is 0.440. The Bertz CT molecular complexity index is 406. The highest BCUT2D eigenvalue weighted by Crippen LogP contribution is 2.18. The number of amides is 1. The van der Waals surface area contributed by atoms with Gasteiger partial charge in [0.2, 0.25) is 6.29 Å². The summed E-state index contributed by atoms with van der Waals surface area (Å²) in [6.07, 6.45) is 1.51. The van der Waals surface area contributed by atoms with E-state index in [1.807, 2.05) is 0 Å². The van der Waals surface area contributed by atoms with Crippen LogP contribution in [0, 0.1) is 17.8 Å². The zero-order valence-electron chi connectivity index (χ0n) is 15.3. The van der Waals surface area contributed by atoms with E-state index in [1.165, 1.54) is 6.92 Å². The largest absolute Gasteiger partial charge is 0.481 e. The molecule has 7 heteroatoms. The van der Waals surface area contributed by atoms with E-state index in [-0.39, 0.29) is 12.5 Å². The van der Waals surface area contributed by atoms with Gasteiger partial charge in [0, 0.05) is 13.5 Å². The van der Waals surface area contributed by atoms with Crippen LogP contribution in [0.4, 0.5) is 4.79 Å². The Morgan fingerprint density at radius 2 is 1.58 bits per heavy atom. The van der Waals surface area contributed by atoms with E-state index >= 15 is 0 Å². The number of ether oxygens (including phenoxy) is 2. The number of hydrogen-bond acceptors (Lipinski definition) is 5. The Hall–Kier alpha value is -1.79. The molecule has 0 saturated heterocycles. The molecule has 0 aromatic carbocycles. The monoisotopic (exact) mass is 345 g/mol. The van der Waals surface area contributed by atoms with Crippen LogP contribution in [0.2, 0.25) is 0 Å². The van der Waals surface area contributed by atoms with Crippen LogP contribution in [0.3, 0.4) is 0 Å². The molecule has 0 fully saturated rings. The summed E-state index contributed by atoms with van der Waals surface area (Å²) in [5, 5.41) is 11.7. The van der Waals surface area contributed by atoms with Crippen LogP contribution in [0.5, 0.6) is 0 Å². The second-order valence-corrected chi connectivity index (χ2v) is 6.24. The van der Waals surface area contributed by atoms with Gasteiger partial charge in [0.05, 0.1) is 11.8 Å². The summed E-state index contributed by atoms with van der Waals surface area (Å²) >= 11 is 0. The topological polar surface area (TPSA) is 102 Å². The molecule has 0 bridgehead atoms. The van der Waals surface area contributed by atoms with Crippen LogP contribution in [0.25, 0.3) is 0 Å². The first kappa shape index (κ1) is 22.2. The highest BCUT2D eigenvalue weighted by atomic mass is 16.7. The Labute approximate surface area is 144 Å². The minimum atomic E-state index is -1.02. The molecule has 1 amide bonds. The summed E-state index contributed by atoms with van der Waals surface area (Å²) in [6, 6.07) is 0. The predicted molar refractivity (Wildman–Crippen MR) is 89.3 cm³/mol. The molecule has 0 saturated carbocycles. The molecule has 0 aromatic heterocycles. The number of carboxylic acids is 1. The van der Waals surface area contributed by atoms with Crippen LogP contribution in [0.1, 0.15) is 60.3 Å². The lowest BCUT2D eigenvalue weighted by atomic mass is 9.92. The second-order valence-electron chi connectivity index (χ2n) is 6.24. The molecule has 0 aliphatic heterocycles. The number of aliphatic carboxylic acids is 1. The van der Waals surface area contributed by atoms with Gasteiger partial charge in [0.25, 0.3) is 0 Å². The van der Waals surface area contributed by atoms with Gasteiger partial charge >= 0.3 is 18.0 Å². The third kappa shape index (κ3) is 9.37. The van der Waals surface area contributed by atoms with Crippen molar-refractivity contribution in [3.05, 3.63) is 0 Å². The number of carbonyl (C=O) groups excluding carboxylic acids is 2. The Kier molecular flexibility index (Phi) is 10.8. The number of hydrogen-bond donors (Lipinski definition) is 2. The first-order valence-corrected chi connectivity index (χ1v) is 8.58. The number of carbonyl (C=O) groups is 3. The molecule has 0 rings (SSSR count). The van der Waals surface area contributed by atoms with Crippen LogP contribution >= 0.6 is 0 Å². The normalized spacial score (nSPS) is 13.5. The van der Waals surface area contributed by atoms with Crippen molar-refractivity contribution in [2.24, 2.45) is 17.8 Å². The molecular weight excluding hydrogens is 314 g/mol. The van der Waals surface area contributed by atoms with Crippen molar-refractivity contribution in [3.63, 3.8) is 0 Å². The lowest BCUT2D eigenvalue weighted by Gasteiger charge is -2.18. The standard InChI is InChI=1S/C17H31NO6/c1-6-13(7-2)8-9-14(15(19)20)10-18-17(22)24-12(5)23-16(21)11(3)4/h11-14H,6-10H2,1-5H3,(H,18,22)(H,19,20)/t12-,14+/m1/s1. The summed E-state index contributed by atoms with van der Waals surface area (Å²) in [6.45, 7) is 8.93. The second kappa shape index (κ2) is 11.7. The fourth-order valence-electron chi connectivity index (χ4n) is 2.17.